The van der Waals surface area contributed by atoms with E-state index in [9.17, 15) is 5.11 Å². The number of nitrogens with one attached hydrogen (secondary N) is 1. The minimum atomic E-state index is -0.622. The maximum absolute atomic E-state index is 9.55. The molecule has 0 fully saturated rings. The highest BCUT2D eigenvalue weighted by Gasteiger charge is 2.09. The van der Waals surface area contributed by atoms with Gasteiger partial charge < -0.3 is 19.9 Å². The van der Waals surface area contributed by atoms with Crippen LogP contribution in [0.15, 0.2) is 12.1 Å². The van der Waals surface area contributed by atoms with E-state index in [0.29, 0.717) is 12.3 Å². The van der Waals surface area contributed by atoms with Crippen LogP contribution in [0.2, 0.25) is 0 Å². The fraction of sp³-hybridized carbons (Fsp3) is 0.615. The molecule has 0 aliphatic heterocycles. The normalized spacial score (nSPS) is 12.4. The average Bonchev–Trinajstić information content (AvgIpc) is 2.35. The summed E-state index contributed by atoms with van der Waals surface area (Å²) in [6.07, 6.45) is -0.622. The van der Waals surface area contributed by atoms with Crippen molar-refractivity contribution in [2.45, 2.75) is 26.5 Å². The molecule has 0 bridgehead atoms. The number of aliphatic hydroxyl groups is 1. The minimum Gasteiger partial charge on any atom is -0.489 e. The Morgan fingerprint density at radius 3 is 2.83 bits per heavy atom. The minimum absolute atomic E-state index is 0.206. The molecule has 1 unspecified atom stereocenters. The molecule has 1 atom stereocenters. The second-order valence-corrected chi connectivity index (χ2v) is 4.10. The fourth-order valence-electron chi connectivity index (χ4n) is 1.53. The maximum Gasteiger partial charge on any atom is 0.142 e. The predicted octanol–water partition coefficient (Wildman–Crippen LogP) is 0.886. The predicted molar refractivity (Wildman–Crippen MR) is 69.7 cm³/mol. The molecule has 0 aliphatic rings. The van der Waals surface area contributed by atoms with E-state index >= 15 is 0 Å². The van der Waals surface area contributed by atoms with Gasteiger partial charge in [0, 0.05) is 19.3 Å². The lowest BCUT2D eigenvalue weighted by Gasteiger charge is -2.14. The zero-order valence-electron chi connectivity index (χ0n) is 11.3. The van der Waals surface area contributed by atoms with Gasteiger partial charge in [0.15, 0.2) is 0 Å². The first-order chi connectivity index (χ1) is 8.67. The van der Waals surface area contributed by atoms with Crippen LogP contribution in [0.3, 0.4) is 0 Å². The highest BCUT2D eigenvalue weighted by atomic mass is 16.5. The molecule has 5 nitrogen and oxygen atoms in total. The first kappa shape index (κ1) is 14.9. The number of aromatic nitrogens is 1. The number of ether oxygens (including phenoxy) is 2. The van der Waals surface area contributed by atoms with E-state index in [4.69, 9.17) is 9.47 Å². The van der Waals surface area contributed by atoms with Gasteiger partial charge in [0.25, 0.3) is 0 Å². The van der Waals surface area contributed by atoms with Gasteiger partial charge in [0.05, 0.1) is 12.3 Å². The summed E-state index contributed by atoms with van der Waals surface area (Å²) in [5.41, 5.74) is 1.81. The van der Waals surface area contributed by atoms with Crippen molar-refractivity contribution in [3.63, 3.8) is 0 Å². The molecule has 0 saturated heterocycles. The van der Waals surface area contributed by atoms with E-state index in [1.807, 2.05) is 26.0 Å². The third kappa shape index (κ3) is 5.00. The van der Waals surface area contributed by atoms with Crippen LogP contribution in [0, 0.1) is 6.92 Å². The Bertz CT molecular complexity index is 358. The SMILES string of the molecule is CCNCc1nc(C)ccc1OCC(O)COC. The molecule has 18 heavy (non-hydrogen) atoms. The summed E-state index contributed by atoms with van der Waals surface area (Å²) in [5, 5.41) is 12.8. The maximum atomic E-state index is 9.55. The Morgan fingerprint density at radius 1 is 1.39 bits per heavy atom. The van der Waals surface area contributed by atoms with Crippen molar-refractivity contribution in [3.05, 3.63) is 23.5 Å². The van der Waals surface area contributed by atoms with Gasteiger partial charge in [-0.25, -0.2) is 0 Å². The van der Waals surface area contributed by atoms with Gasteiger partial charge in [-0.05, 0) is 25.6 Å². The van der Waals surface area contributed by atoms with Crippen LogP contribution in [0.1, 0.15) is 18.3 Å². The van der Waals surface area contributed by atoms with Crippen LogP contribution in [0.25, 0.3) is 0 Å². The van der Waals surface area contributed by atoms with Gasteiger partial charge in [-0.2, -0.15) is 0 Å². The van der Waals surface area contributed by atoms with Crippen molar-refractivity contribution in [2.75, 3.05) is 26.9 Å². The van der Waals surface area contributed by atoms with Crippen molar-refractivity contribution < 1.29 is 14.6 Å². The van der Waals surface area contributed by atoms with Crippen LogP contribution < -0.4 is 10.1 Å². The summed E-state index contributed by atoms with van der Waals surface area (Å²) in [7, 11) is 1.55. The van der Waals surface area contributed by atoms with Crippen LogP contribution in [0.4, 0.5) is 0 Å². The average molecular weight is 254 g/mol. The molecule has 1 aromatic heterocycles. The highest BCUT2D eigenvalue weighted by molar-refractivity contribution is 5.29. The van der Waals surface area contributed by atoms with E-state index in [2.05, 4.69) is 10.3 Å². The van der Waals surface area contributed by atoms with E-state index in [0.717, 1.165) is 17.9 Å². The Kier molecular flexibility index (Phi) is 6.64. The number of nitrogens with zero attached hydrogens (tertiary/aromatic N) is 1. The largest absolute Gasteiger partial charge is 0.489 e. The second-order valence-electron chi connectivity index (χ2n) is 4.10. The Hall–Kier alpha value is -1.17. The third-order valence-corrected chi connectivity index (χ3v) is 2.40. The molecular weight excluding hydrogens is 232 g/mol. The van der Waals surface area contributed by atoms with Crippen molar-refractivity contribution in [3.8, 4) is 5.75 Å². The molecule has 5 heteroatoms. The lowest BCUT2D eigenvalue weighted by molar-refractivity contribution is 0.0322. The van der Waals surface area contributed by atoms with E-state index in [-0.39, 0.29) is 13.2 Å². The summed E-state index contributed by atoms with van der Waals surface area (Å²) >= 11 is 0. The highest BCUT2D eigenvalue weighted by Crippen LogP contribution is 2.17. The molecule has 0 amide bonds. The lowest BCUT2D eigenvalue weighted by Crippen LogP contribution is -2.23. The number of hydrogen-bond acceptors (Lipinski definition) is 5. The third-order valence-electron chi connectivity index (χ3n) is 2.40. The van der Waals surface area contributed by atoms with Crippen molar-refractivity contribution in [2.24, 2.45) is 0 Å². The van der Waals surface area contributed by atoms with Gasteiger partial charge in [-0.15, -0.1) is 0 Å². The van der Waals surface area contributed by atoms with Gasteiger partial charge in [-0.1, -0.05) is 6.92 Å². The molecule has 2 N–H and O–H groups in total. The Morgan fingerprint density at radius 2 is 2.17 bits per heavy atom. The summed E-state index contributed by atoms with van der Waals surface area (Å²) in [4.78, 5) is 4.43. The van der Waals surface area contributed by atoms with Crippen LogP contribution >= 0.6 is 0 Å². The quantitative estimate of drug-likeness (QED) is 0.721. The van der Waals surface area contributed by atoms with Crippen molar-refractivity contribution in [1.29, 1.82) is 0 Å². The molecule has 0 aliphatic carbocycles. The van der Waals surface area contributed by atoms with Crippen molar-refractivity contribution >= 4 is 0 Å². The van der Waals surface area contributed by atoms with E-state index in [1.54, 1.807) is 7.11 Å². The summed E-state index contributed by atoms with van der Waals surface area (Å²) in [6.45, 7) is 5.99. The molecule has 1 aromatic rings. The second kappa shape index (κ2) is 8.02. The zero-order chi connectivity index (χ0) is 13.4. The van der Waals surface area contributed by atoms with Gasteiger partial charge in [0.1, 0.15) is 18.5 Å². The molecular formula is C13H22N2O3. The smallest absolute Gasteiger partial charge is 0.142 e. The molecule has 0 spiro atoms. The summed E-state index contributed by atoms with van der Waals surface area (Å²) in [5.74, 6) is 0.705. The topological polar surface area (TPSA) is 63.6 Å². The fourth-order valence-corrected chi connectivity index (χ4v) is 1.53. The van der Waals surface area contributed by atoms with Gasteiger partial charge in [-0.3, -0.25) is 4.98 Å². The molecule has 1 heterocycles. The molecule has 0 saturated carbocycles. The lowest BCUT2D eigenvalue weighted by atomic mass is 10.2. The Balaban J connectivity index is 2.62. The number of rotatable bonds is 8. The monoisotopic (exact) mass is 254 g/mol. The number of aliphatic hydroxyl groups excluding tert-OH is 1. The van der Waals surface area contributed by atoms with Gasteiger partial charge in [0.2, 0.25) is 0 Å². The van der Waals surface area contributed by atoms with Gasteiger partial charge >= 0.3 is 0 Å². The Labute approximate surface area is 108 Å². The van der Waals surface area contributed by atoms with E-state index < -0.39 is 6.10 Å². The molecule has 0 aromatic carbocycles. The summed E-state index contributed by atoms with van der Waals surface area (Å²) in [6, 6.07) is 3.78. The summed E-state index contributed by atoms with van der Waals surface area (Å²) < 4.78 is 10.4. The molecule has 102 valence electrons. The zero-order valence-corrected chi connectivity index (χ0v) is 11.3. The van der Waals surface area contributed by atoms with Crippen molar-refractivity contribution in [1.82, 2.24) is 10.3 Å². The first-order valence-electron chi connectivity index (χ1n) is 6.14. The number of aryl methyl sites for hydroxylation is 1. The van der Waals surface area contributed by atoms with Crippen LogP contribution in [-0.4, -0.2) is 43.1 Å². The standard InChI is InChI=1S/C13H22N2O3/c1-4-14-7-12-13(6-5-10(2)15-12)18-9-11(16)8-17-3/h5-6,11,14,16H,4,7-9H2,1-3H3. The number of hydrogen-bond donors (Lipinski definition) is 2. The molecule has 0 radical (unpaired) electrons. The number of methoxy groups -OCH3 is 1. The number of pyridine rings is 1. The van der Waals surface area contributed by atoms with Crippen LogP contribution in [-0.2, 0) is 11.3 Å². The first-order valence-corrected chi connectivity index (χ1v) is 6.14. The van der Waals surface area contributed by atoms with Crippen LogP contribution in [0.5, 0.6) is 5.75 Å². The molecule has 1 rings (SSSR count). The van der Waals surface area contributed by atoms with E-state index in [1.165, 1.54) is 0 Å².